The Morgan fingerprint density at radius 1 is 1.29 bits per heavy atom. The van der Waals surface area contributed by atoms with Crippen molar-refractivity contribution in [1.29, 1.82) is 0 Å². The second-order valence-electron chi connectivity index (χ2n) is 5.97. The van der Waals surface area contributed by atoms with Crippen LogP contribution in [0.1, 0.15) is 39.0 Å². The van der Waals surface area contributed by atoms with Crippen molar-refractivity contribution in [3.8, 4) is 0 Å². The number of amides is 1. The fourth-order valence-electron chi connectivity index (χ4n) is 2.05. The van der Waals surface area contributed by atoms with Gasteiger partial charge in [-0.3, -0.25) is 4.79 Å². The van der Waals surface area contributed by atoms with E-state index < -0.39 is 7.12 Å². The van der Waals surface area contributed by atoms with Gasteiger partial charge in [-0.05, 0) is 46.2 Å². The van der Waals surface area contributed by atoms with E-state index in [0.29, 0.717) is 13.0 Å². The zero-order valence-electron chi connectivity index (χ0n) is 13.7. The molecule has 0 aliphatic carbocycles. The quantitative estimate of drug-likeness (QED) is 0.501. The smallest absolute Gasteiger partial charge is 0.398 e. The van der Waals surface area contributed by atoms with E-state index in [9.17, 15) is 4.79 Å². The lowest BCUT2D eigenvalue weighted by atomic mass is 9.85. The highest BCUT2D eigenvalue weighted by Gasteiger charge is 2.52. The summed E-state index contributed by atoms with van der Waals surface area (Å²) in [6, 6.07) is 2.00. The van der Waals surface area contributed by atoms with Gasteiger partial charge in [-0.1, -0.05) is 6.66 Å². The molecule has 1 unspecified atom stereocenters. The average Bonchev–Trinajstić information content (AvgIpc) is 2.88. The molecule has 0 radical (unpaired) electrons. The number of H-pyrrole nitrogens is 1. The predicted molar refractivity (Wildman–Crippen MR) is 89.8 cm³/mol. The summed E-state index contributed by atoms with van der Waals surface area (Å²) >= 11 is 0. The number of carbonyl (C=O) groups excluding carboxylic acids is 1. The van der Waals surface area contributed by atoms with E-state index in [1.807, 2.05) is 47.3 Å². The van der Waals surface area contributed by atoms with Crippen LogP contribution in [0.4, 0.5) is 0 Å². The molecule has 2 heterocycles. The Kier molecular flexibility index (Phi) is 6.03. The van der Waals surface area contributed by atoms with Crippen LogP contribution in [0.15, 0.2) is 6.07 Å². The second kappa shape index (κ2) is 6.95. The van der Waals surface area contributed by atoms with Gasteiger partial charge in [0.15, 0.2) is 0 Å². The largest absolute Gasteiger partial charge is 0.512 e. The maximum atomic E-state index is 10.3. The number of nitrogens with one attached hydrogen (secondary N) is 2. The van der Waals surface area contributed by atoms with E-state index in [4.69, 9.17) is 9.31 Å². The van der Waals surface area contributed by atoms with Crippen LogP contribution in [-0.4, -0.2) is 36.4 Å². The number of aromatic nitrogens is 1. The topological polar surface area (TPSA) is 63.4 Å². The Labute approximate surface area is 129 Å². The number of hydrogen-bond acceptors (Lipinski definition) is 3. The first-order chi connectivity index (χ1) is 9.77. The molecule has 1 aromatic heterocycles. The van der Waals surface area contributed by atoms with Crippen molar-refractivity contribution in [2.45, 2.75) is 52.4 Å². The van der Waals surface area contributed by atoms with Gasteiger partial charge in [-0.25, -0.2) is 0 Å². The van der Waals surface area contributed by atoms with E-state index >= 15 is 0 Å². The first-order valence-electron chi connectivity index (χ1n) is 7.05. The van der Waals surface area contributed by atoms with Crippen molar-refractivity contribution < 1.29 is 14.1 Å². The molecule has 1 atom stereocenters. The summed E-state index contributed by atoms with van der Waals surface area (Å²) < 4.78 is 12.0. The maximum absolute atomic E-state index is 10.3. The Bertz CT molecular complexity index is 473. The summed E-state index contributed by atoms with van der Waals surface area (Å²) in [5, 5.41) is 2.65. The average molecular weight is 312 g/mol. The molecular formula is C14H26BN2O3P. The van der Waals surface area contributed by atoms with Gasteiger partial charge in [0.2, 0.25) is 6.41 Å². The second-order valence-corrected chi connectivity index (χ2v) is 5.97. The minimum Gasteiger partial charge on any atom is -0.398 e. The molecule has 1 fully saturated rings. The molecule has 2 N–H and O–H groups in total. The van der Waals surface area contributed by atoms with Gasteiger partial charge in [0, 0.05) is 11.3 Å². The van der Waals surface area contributed by atoms with Crippen LogP contribution in [0.25, 0.3) is 0 Å². The third-order valence-corrected chi connectivity index (χ3v) is 4.01. The van der Waals surface area contributed by atoms with Gasteiger partial charge >= 0.3 is 7.12 Å². The number of rotatable bonds is 4. The highest BCUT2D eigenvalue weighted by Crippen LogP contribution is 2.36. The van der Waals surface area contributed by atoms with E-state index in [2.05, 4.69) is 19.5 Å². The van der Waals surface area contributed by atoms with Crippen molar-refractivity contribution in [2.75, 3.05) is 6.66 Å². The monoisotopic (exact) mass is 312 g/mol. The Hall–Kier alpha value is -0.835. The van der Waals surface area contributed by atoms with Crippen LogP contribution in [0, 0.1) is 6.92 Å². The third kappa shape index (κ3) is 3.88. The lowest BCUT2D eigenvalue weighted by molar-refractivity contribution is -0.109. The van der Waals surface area contributed by atoms with Crippen molar-refractivity contribution >= 4 is 28.4 Å². The first-order valence-corrected chi connectivity index (χ1v) is 8.21. The molecule has 1 aliphatic heterocycles. The zero-order valence-corrected chi connectivity index (χ0v) is 14.9. The summed E-state index contributed by atoms with van der Waals surface area (Å²) in [7, 11) is 2.02. The summed E-state index contributed by atoms with van der Waals surface area (Å²) in [6.45, 7) is 12.5. The first kappa shape index (κ1) is 18.2. The Morgan fingerprint density at radius 2 is 1.81 bits per heavy atom. The van der Waals surface area contributed by atoms with E-state index in [0.717, 1.165) is 16.9 Å². The third-order valence-electron chi connectivity index (χ3n) is 4.01. The normalized spacial score (nSPS) is 18.9. The SMILES string of the molecule is CP.Cc1cc(B2OC(C)(C)C(C)(C)O2)[nH]c1CNC=O. The molecule has 0 bridgehead atoms. The molecule has 0 saturated carbocycles. The molecule has 0 spiro atoms. The van der Waals surface area contributed by atoms with Crippen molar-refractivity contribution in [3.05, 3.63) is 17.3 Å². The summed E-state index contributed by atoms with van der Waals surface area (Å²) in [6.07, 6.45) is 0.689. The van der Waals surface area contributed by atoms with Gasteiger partial charge in [-0.15, -0.1) is 9.24 Å². The molecule has 1 aromatic rings. The number of hydrogen-bond donors (Lipinski definition) is 2. The lowest BCUT2D eigenvalue weighted by Gasteiger charge is -2.32. The molecule has 0 aromatic carbocycles. The number of aromatic amines is 1. The molecule has 5 nitrogen and oxygen atoms in total. The van der Waals surface area contributed by atoms with Crippen LogP contribution in [0.5, 0.6) is 0 Å². The standard InChI is InChI=1S/C13H21BN2O3.CH5P/c1-9-6-11(16-10(9)7-15-8-17)14-18-12(2,3)13(4,5)19-14;1-2/h6,8,16H,7H2,1-5H3,(H,15,17);2H2,1H3. The van der Waals surface area contributed by atoms with E-state index in [1.54, 1.807) is 0 Å². The molecule has 118 valence electrons. The van der Waals surface area contributed by atoms with Gasteiger partial charge in [0.05, 0.1) is 17.7 Å². The molecule has 7 heteroatoms. The Balaban J connectivity index is 0.00000106. The van der Waals surface area contributed by atoms with Gasteiger partial charge in [0.25, 0.3) is 0 Å². The van der Waals surface area contributed by atoms with Crippen molar-refractivity contribution in [3.63, 3.8) is 0 Å². The van der Waals surface area contributed by atoms with Crippen LogP contribution < -0.4 is 10.9 Å². The lowest BCUT2D eigenvalue weighted by Crippen LogP contribution is -2.41. The molecule has 1 saturated heterocycles. The van der Waals surface area contributed by atoms with Crippen LogP contribution in [-0.2, 0) is 20.6 Å². The highest BCUT2D eigenvalue weighted by atomic mass is 31.0. The van der Waals surface area contributed by atoms with Crippen LogP contribution in [0.2, 0.25) is 0 Å². The predicted octanol–water partition coefficient (Wildman–Crippen LogP) is 1.36. The van der Waals surface area contributed by atoms with E-state index in [-0.39, 0.29) is 11.2 Å². The van der Waals surface area contributed by atoms with E-state index in [1.165, 1.54) is 0 Å². The van der Waals surface area contributed by atoms with Gasteiger partial charge in [0.1, 0.15) is 0 Å². The summed E-state index contributed by atoms with van der Waals surface area (Å²) in [5.74, 6) is 0. The van der Waals surface area contributed by atoms with Gasteiger partial charge < -0.3 is 19.6 Å². The van der Waals surface area contributed by atoms with Crippen LogP contribution >= 0.6 is 9.24 Å². The van der Waals surface area contributed by atoms with Crippen molar-refractivity contribution in [2.24, 2.45) is 0 Å². The molecular weight excluding hydrogens is 286 g/mol. The minimum absolute atomic E-state index is 0.349. The van der Waals surface area contributed by atoms with Crippen LogP contribution in [0.3, 0.4) is 0 Å². The Morgan fingerprint density at radius 3 is 2.29 bits per heavy atom. The minimum atomic E-state index is -0.395. The zero-order chi connectivity index (χ0) is 16.3. The van der Waals surface area contributed by atoms with Gasteiger partial charge in [-0.2, -0.15) is 0 Å². The fraction of sp³-hybridized carbons (Fsp3) is 0.643. The molecule has 2 rings (SSSR count). The van der Waals surface area contributed by atoms with Crippen molar-refractivity contribution in [1.82, 2.24) is 10.3 Å². The molecule has 1 amide bonds. The molecule has 1 aliphatic rings. The number of aryl methyl sites for hydroxylation is 1. The fourth-order valence-corrected chi connectivity index (χ4v) is 2.05. The summed E-state index contributed by atoms with van der Waals surface area (Å²) in [4.78, 5) is 13.6. The molecule has 21 heavy (non-hydrogen) atoms. The number of carbonyl (C=O) groups is 1. The maximum Gasteiger partial charge on any atom is 0.512 e. The highest BCUT2D eigenvalue weighted by molar-refractivity contribution is 7.15. The summed E-state index contributed by atoms with van der Waals surface area (Å²) in [5.41, 5.74) is 2.24.